The molecular formula is C35H40ClN3O5S. The van der Waals surface area contributed by atoms with Crippen LogP contribution in [0.5, 0.6) is 5.75 Å². The van der Waals surface area contributed by atoms with Crippen LogP contribution in [0.2, 0.25) is 5.02 Å². The van der Waals surface area contributed by atoms with Crippen molar-refractivity contribution in [1.29, 1.82) is 0 Å². The molecule has 0 aromatic heterocycles. The summed E-state index contributed by atoms with van der Waals surface area (Å²) in [5, 5.41) is 9.71. The minimum absolute atomic E-state index is 0.119. The smallest absolute Gasteiger partial charge is 0.251 e. The molecule has 45 heavy (non-hydrogen) atoms. The van der Waals surface area contributed by atoms with Gasteiger partial charge in [0.25, 0.3) is 5.91 Å². The van der Waals surface area contributed by atoms with E-state index in [9.17, 15) is 19.5 Å². The molecule has 2 fully saturated rings. The number of carbonyl (C=O) groups excluding carboxylic acids is 3. The normalized spacial score (nSPS) is 29.0. The molecule has 238 valence electrons. The first kappa shape index (κ1) is 31.7. The Morgan fingerprint density at radius 2 is 1.60 bits per heavy atom. The van der Waals surface area contributed by atoms with Crippen LogP contribution in [-0.2, 0) is 14.4 Å². The van der Waals surface area contributed by atoms with Gasteiger partial charge in [-0.1, -0.05) is 60.9 Å². The number of ether oxygens (including phenoxy) is 1. The summed E-state index contributed by atoms with van der Waals surface area (Å²) in [6, 6.07) is 13.9. The molecule has 10 heteroatoms. The number of hydrogen-bond acceptors (Lipinski definition) is 6. The monoisotopic (exact) mass is 649 g/mol. The number of nitrogens with zero attached hydrogens (tertiary/aromatic N) is 3. The van der Waals surface area contributed by atoms with Crippen molar-refractivity contribution < 1.29 is 24.2 Å². The third-order valence-corrected chi connectivity index (χ3v) is 11.6. The molecule has 6 rings (SSSR count). The van der Waals surface area contributed by atoms with Crippen LogP contribution >= 0.6 is 23.4 Å². The maximum atomic E-state index is 14.7. The summed E-state index contributed by atoms with van der Waals surface area (Å²) in [5.74, 6) is -1.13. The van der Waals surface area contributed by atoms with Gasteiger partial charge in [0.05, 0.1) is 33.9 Å². The van der Waals surface area contributed by atoms with Crippen LogP contribution in [0, 0.1) is 11.8 Å². The zero-order valence-electron chi connectivity index (χ0n) is 25.7. The highest BCUT2D eigenvalue weighted by atomic mass is 35.5. The van der Waals surface area contributed by atoms with Gasteiger partial charge in [-0.3, -0.25) is 14.4 Å². The Kier molecular flexibility index (Phi) is 9.05. The summed E-state index contributed by atoms with van der Waals surface area (Å²) in [7, 11) is 0. The number of thioether (sulfide) groups is 1. The van der Waals surface area contributed by atoms with Crippen molar-refractivity contribution in [2.45, 2.75) is 55.1 Å². The SMILES string of the molecule is CCOc1ccc(N2CC=C[C@@]3(C)S[C@]45C=CCN(c6ccccc6Cl)C(=O)C4N(CCCCCCO)C(=O)[C@@H]5[C@H]3C2=O)cc1. The summed E-state index contributed by atoms with van der Waals surface area (Å²) >= 11 is 8.17. The molecule has 4 aliphatic heterocycles. The number of aliphatic hydroxyl groups excluding tert-OH is 1. The molecular weight excluding hydrogens is 610 g/mol. The fraction of sp³-hybridized carbons (Fsp3) is 0.457. The van der Waals surface area contributed by atoms with E-state index in [1.807, 2.05) is 74.5 Å². The Morgan fingerprint density at radius 1 is 0.889 bits per heavy atom. The van der Waals surface area contributed by atoms with E-state index >= 15 is 0 Å². The van der Waals surface area contributed by atoms with Gasteiger partial charge in [-0.05, 0) is 63.1 Å². The first-order valence-corrected chi connectivity index (χ1v) is 17.0. The topological polar surface area (TPSA) is 90.4 Å². The van der Waals surface area contributed by atoms with E-state index in [1.165, 1.54) is 0 Å². The number of hydrogen-bond donors (Lipinski definition) is 1. The molecule has 2 aromatic carbocycles. The van der Waals surface area contributed by atoms with E-state index in [1.54, 1.807) is 32.5 Å². The molecule has 1 N–H and O–H groups in total. The van der Waals surface area contributed by atoms with Crippen LogP contribution in [0.1, 0.15) is 39.5 Å². The summed E-state index contributed by atoms with van der Waals surface area (Å²) in [6.07, 6.45) is 11.1. The second-order valence-corrected chi connectivity index (χ2v) is 14.4. The molecule has 0 aliphatic carbocycles. The van der Waals surface area contributed by atoms with Crippen molar-refractivity contribution >= 4 is 52.5 Å². The van der Waals surface area contributed by atoms with E-state index in [-0.39, 0.29) is 24.3 Å². The van der Waals surface area contributed by atoms with Gasteiger partial charge in [0, 0.05) is 36.7 Å². The molecule has 3 amide bonds. The van der Waals surface area contributed by atoms with Gasteiger partial charge in [0.2, 0.25) is 11.8 Å². The fourth-order valence-corrected chi connectivity index (χ4v) is 9.91. The van der Waals surface area contributed by atoms with E-state index in [2.05, 4.69) is 6.08 Å². The van der Waals surface area contributed by atoms with Gasteiger partial charge in [-0.2, -0.15) is 0 Å². The first-order valence-electron chi connectivity index (χ1n) is 15.8. The molecule has 4 aliphatic rings. The van der Waals surface area contributed by atoms with Gasteiger partial charge in [0.15, 0.2) is 0 Å². The predicted molar refractivity (Wildman–Crippen MR) is 179 cm³/mol. The second kappa shape index (κ2) is 12.9. The van der Waals surface area contributed by atoms with Gasteiger partial charge < -0.3 is 24.5 Å². The standard InChI is InChI=1S/C35H40ClN3O5S/c1-3-44-25-16-14-24(15-17-25)37-21-10-18-34(2)28(31(37)41)29-32(42)39(20-8-4-5-9-23-40)30-33(43)38(22-11-19-35(29,30)45-34)27-13-7-6-12-26(27)36/h6-7,10-19,28-30,40H,3-5,8-9,20-23H2,1-2H3/t28-,29-,30?,34+,35-/m0/s1. The molecule has 2 aromatic rings. The Balaban J connectivity index is 1.40. The van der Waals surface area contributed by atoms with E-state index in [0.29, 0.717) is 49.8 Å². The molecule has 0 bridgehead atoms. The highest BCUT2D eigenvalue weighted by molar-refractivity contribution is 8.02. The number of benzene rings is 2. The number of amides is 3. The quantitative estimate of drug-likeness (QED) is 0.271. The summed E-state index contributed by atoms with van der Waals surface area (Å²) in [6.45, 7) is 5.74. The zero-order valence-corrected chi connectivity index (χ0v) is 27.3. The lowest BCUT2D eigenvalue weighted by molar-refractivity contribution is -0.139. The highest BCUT2D eigenvalue weighted by Crippen LogP contribution is 2.65. The molecule has 4 heterocycles. The lowest BCUT2D eigenvalue weighted by Gasteiger charge is -2.37. The number of fused-ring (bicyclic) bond motifs is 2. The lowest BCUT2D eigenvalue weighted by atomic mass is 9.74. The van der Waals surface area contributed by atoms with Crippen molar-refractivity contribution in [3.8, 4) is 5.75 Å². The molecule has 0 saturated carbocycles. The minimum atomic E-state index is -0.934. The van der Waals surface area contributed by atoms with Gasteiger partial charge >= 0.3 is 0 Å². The molecule has 1 spiro atoms. The molecule has 0 radical (unpaired) electrons. The molecule has 8 nitrogen and oxygen atoms in total. The van der Waals surface area contributed by atoms with Gasteiger partial charge in [-0.25, -0.2) is 0 Å². The van der Waals surface area contributed by atoms with E-state index in [0.717, 1.165) is 24.3 Å². The number of carbonyl (C=O) groups is 3. The predicted octanol–water partition coefficient (Wildman–Crippen LogP) is 5.48. The van der Waals surface area contributed by atoms with E-state index in [4.69, 9.17) is 16.3 Å². The van der Waals surface area contributed by atoms with Gasteiger partial charge in [0.1, 0.15) is 11.8 Å². The van der Waals surface area contributed by atoms with Crippen LogP contribution in [0.25, 0.3) is 0 Å². The minimum Gasteiger partial charge on any atom is -0.494 e. The van der Waals surface area contributed by atoms with E-state index < -0.39 is 27.4 Å². The van der Waals surface area contributed by atoms with Crippen LogP contribution in [0.4, 0.5) is 11.4 Å². The third-order valence-electron chi connectivity index (χ3n) is 9.47. The Bertz CT molecular complexity index is 1510. The third kappa shape index (κ3) is 5.47. The number of halogens is 1. The number of rotatable bonds is 10. The summed E-state index contributed by atoms with van der Waals surface area (Å²) < 4.78 is 3.98. The number of likely N-dealkylation sites (tertiary alicyclic amines) is 1. The van der Waals surface area contributed by atoms with Crippen molar-refractivity contribution in [2.24, 2.45) is 11.8 Å². The lowest BCUT2D eigenvalue weighted by Crippen LogP contribution is -2.53. The molecule has 2 saturated heterocycles. The van der Waals surface area contributed by atoms with Crippen LogP contribution in [0.15, 0.2) is 72.8 Å². The van der Waals surface area contributed by atoms with Crippen molar-refractivity contribution in [3.63, 3.8) is 0 Å². The number of unbranched alkanes of at least 4 members (excludes halogenated alkanes) is 3. The van der Waals surface area contributed by atoms with Crippen LogP contribution in [0.3, 0.4) is 0 Å². The average Bonchev–Trinajstić information content (AvgIpc) is 3.29. The fourth-order valence-electron chi connectivity index (χ4n) is 7.52. The Labute approximate surface area is 274 Å². The second-order valence-electron chi connectivity index (χ2n) is 12.2. The molecule has 5 atom stereocenters. The largest absolute Gasteiger partial charge is 0.494 e. The number of anilines is 2. The number of para-hydroxylation sites is 1. The Hall–Kier alpha value is -3.27. The van der Waals surface area contributed by atoms with Crippen LogP contribution < -0.4 is 14.5 Å². The zero-order chi connectivity index (χ0) is 31.8. The maximum absolute atomic E-state index is 14.7. The average molecular weight is 650 g/mol. The Morgan fingerprint density at radius 3 is 2.33 bits per heavy atom. The van der Waals surface area contributed by atoms with Gasteiger partial charge in [-0.15, -0.1) is 11.8 Å². The first-order chi connectivity index (χ1) is 21.8. The van der Waals surface area contributed by atoms with Crippen molar-refractivity contribution in [2.75, 3.05) is 42.6 Å². The maximum Gasteiger partial charge on any atom is 0.251 e. The highest BCUT2D eigenvalue weighted by Gasteiger charge is 2.74. The van der Waals surface area contributed by atoms with Crippen molar-refractivity contribution in [3.05, 3.63) is 77.9 Å². The van der Waals surface area contributed by atoms with Crippen LogP contribution in [-0.4, -0.2) is 76.1 Å². The summed E-state index contributed by atoms with van der Waals surface area (Å²) in [4.78, 5) is 49.2. The summed E-state index contributed by atoms with van der Waals surface area (Å²) in [5.41, 5.74) is 1.34. The molecule has 1 unspecified atom stereocenters. The van der Waals surface area contributed by atoms with Crippen molar-refractivity contribution in [1.82, 2.24) is 4.90 Å². The number of aliphatic hydroxyl groups is 1.